The maximum absolute atomic E-state index is 12.8. The number of ether oxygens (including phenoxy) is 1. The highest BCUT2D eigenvalue weighted by atomic mass is 16.5. The van der Waals surface area contributed by atoms with Crippen LogP contribution in [0, 0.1) is 6.92 Å². The fraction of sp³-hybridized carbons (Fsp3) is 0.308. The molecular weight excluding hydrogens is 386 g/mol. The van der Waals surface area contributed by atoms with E-state index in [0.717, 1.165) is 47.6 Å². The third-order valence-electron chi connectivity index (χ3n) is 5.13. The molecule has 0 radical (unpaired) electrons. The van der Waals surface area contributed by atoms with Crippen molar-refractivity contribution in [2.24, 2.45) is 0 Å². The number of methoxy groups -OCH3 is 1. The predicted molar refractivity (Wildman–Crippen MR) is 126 cm³/mol. The van der Waals surface area contributed by atoms with Crippen LogP contribution in [0.5, 0.6) is 0 Å². The number of nitrogens with one attached hydrogen (secondary N) is 1. The minimum absolute atomic E-state index is 0.110. The summed E-state index contributed by atoms with van der Waals surface area (Å²) in [7, 11) is 1.63. The first-order valence-electron chi connectivity index (χ1n) is 10.9. The molecule has 5 heteroatoms. The molecule has 0 saturated carbocycles. The lowest BCUT2D eigenvalue weighted by Crippen LogP contribution is -2.23. The molecule has 0 fully saturated rings. The van der Waals surface area contributed by atoms with E-state index in [2.05, 4.69) is 42.7 Å². The molecular formula is C26H31N3O2. The van der Waals surface area contributed by atoms with Crippen LogP contribution in [-0.4, -0.2) is 22.4 Å². The van der Waals surface area contributed by atoms with E-state index < -0.39 is 0 Å². The molecule has 2 aliphatic rings. The molecule has 0 aliphatic heterocycles. The molecule has 5 nitrogen and oxygen atoms in total. The van der Waals surface area contributed by atoms with Gasteiger partial charge in [-0.3, -0.25) is 4.79 Å². The van der Waals surface area contributed by atoms with Gasteiger partial charge in [-0.25, -0.2) is 4.98 Å². The van der Waals surface area contributed by atoms with Gasteiger partial charge in [0.05, 0.1) is 12.8 Å². The average molecular weight is 418 g/mol. The fourth-order valence-corrected chi connectivity index (χ4v) is 3.53. The maximum atomic E-state index is 12.8. The minimum Gasteiger partial charge on any atom is -0.497 e. The summed E-state index contributed by atoms with van der Waals surface area (Å²) < 4.78 is 7.28. The number of rotatable bonds is 4. The number of nitrogens with zero attached hydrogens (tertiary/aromatic N) is 2. The lowest BCUT2D eigenvalue weighted by atomic mass is 10.1. The van der Waals surface area contributed by atoms with Crippen LogP contribution in [0.15, 0.2) is 78.0 Å². The second-order valence-corrected chi connectivity index (χ2v) is 7.31. The largest absolute Gasteiger partial charge is 0.497 e. The highest BCUT2D eigenvalue weighted by molar-refractivity contribution is 5.97. The van der Waals surface area contributed by atoms with E-state index in [4.69, 9.17) is 9.72 Å². The van der Waals surface area contributed by atoms with Gasteiger partial charge in [-0.2, -0.15) is 0 Å². The molecule has 0 unspecified atom stereocenters. The van der Waals surface area contributed by atoms with Crippen LogP contribution < -0.4 is 5.32 Å². The molecule has 4 rings (SSSR count). The monoisotopic (exact) mass is 417 g/mol. The number of fused-ring (bicyclic) bond motifs is 1. The van der Waals surface area contributed by atoms with E-state index in [1.54, 1.807) is 13.2 Å². The van der Waals surface area contributed by atoms with Crippen LogP contribution in [0.2, 0.25) is 0 Å². The zero-order valence-electron chi connectivity index (χ0n) is 18.8. The summed E-state index contributed by atoms with van der Waals surface area (Å²) in [5.41, 5.74) is 5.69. The average Bonchev–Trinajstić information content (AvgIpc) is 2.94. The molecule has 2 aromatic heterocycles. The van der Waals surface area contributed by atoms with Gasteiger partial charge in [0.2, 0.25) is 0 Å². The third kappa shape index (κ3) is 5.63. The topological polar surface area (TPSA) is 55.6 Å². The molecule has 0 atom stereocenters. The van der Waals surface area contributed by atoms with Gasteiger partial charge in [0.25, 0.3) is 5.91 Å². The molecule has 2 aliphatic carbocycles. The predicted octanol–water partition coefficient (Wildman–Crippen LogP) is 5.65. The molecule has 0 saturated heterocycles. The molecule has 0 aromatic carbocycles. The van der Waals surface area contributed by atoms with Crippen LogP contribution >= 0.6 is 0 Å². The Labute approximate surface area is 184 Å². The van der Waals surface area contributed by atoms with E-state index in [-0.39, 0.29) is 5.91 Å². The van der Waals surface area contributed by atoms with Crippen molar-refractivity contribution in [2.75, 3.05) is 7.11 Å². The Balaban J connectivity index is 0.00000132. The Morgan fingerprint density at radius 3 is 2.84 bits per heavy atom. The Morgan fingerprint density at radius 1 is 1.19 bits per heavy atom. The molecule has 0 bridgehead atoms. The summed E-state index contributed by atoms with van der Waals surface area (Å²) in [4.78, 5) is 17.5. The van der Waals surface area contributed by atoms with Crippen molar-refractivity contribution in [3.63, 3.8) is 0 Å². The first-order valence-corrected chi connectivity index (χ1v) is 10.9. The van der Waals surface area contributed by atoms with Gasteiger partial charge in [-0.15, -0.1) is 0 Å². The number of hydrogen-bond acceptors (Lipinski definition) is 3. The number of carbonyl (C=O) groups is 1. The van der Waals surface area contributed by atoms with Crippen LogP contribution in [0.3, 0.4) is 0 Å². The zero-order chi connectivity index (χ0) is 22.2. The standard InChI is InChI=1S/C24H25N3O2.C2H6/c1-17-12-13-27-16-22(26-23(27)14-17)19-6-3-4-8-20(15-19)25-24(28)18-7-5-9-21(29-2)11-10-18;1-2/h7-16H,3-6H2,1-2H3,(H,25,28);1-2H3. The number of amides is 1. The van der Waals surface area contributed by atoms with Crippen molar-refractivity contribution in [3.05, 3.63) is 89.3 Å². The first-order chi connectivity index (χ1) is 15.1. The highest BCUT2D eigenvalue weighted by Crippen LogP contribution is 2.25. The van der Waals surface area contributed by atoms with Gasteiger partial charge in [-0.05, 0) is 80.2 Å². The molecule has 0 spiro atoms. The first kappa shape index (κ1) is 22.3. The lowest BCUT2D eigenvalue weighted by molar-refractivity contribution is -0.116. The number of aromatic nitrogens is 2. The molecule has 2 heterocycles. The number of carbonyl (C=O) groups excluding carboxylic acids is 1. The maximum Gasteiger partial charge on any atom is 0.255 e. The molecule has 1 N–H and O–H groups in total. The highest BCUT2D eigenvalue weighted by Gasteiger charge is 2.14. The number of imidazole rings is 1. The van der Waals surface area contributed by atoms with Crippen LogP contribution in [-0.2, 0) is 9.53 Å². The van der Waals surface area contributed by atoms with Crippen LogP contribution in [0.1, 0.15) is 50.8 Å². The summed E-state index contributed by atoms with van der Waals surface area (Å²) in [5.74, 6) is 0.656. The normalized spacial score (nSPS) is 16.0. The van der Waals surface area contributed by atoms with E-state index in [1.807, 2.05) is 42.7 Å². The summed E-state index contributed by atoms with van der Waals surface area (Å²) in [6.07, 6.45) is 19.3. The fourth-order valence-electron chi connectivity index (χ4n) is 3.53. The summed E-state index contributed by atoms with van der Waals surface area (Å²) in [6, 6.07) is 4.15. The van der Waals surface area contributed by atoms with Crippen molar-refractivity contribution in [2.45, 2.75) is 46.5 Å². The Kier molecular flexibility index (Phi) is 7.65. The van der Waals surface area contributed by atoms with E-state index >= 15 is 0 Å². The van der Waals surface area contributed by atoms with Crippen LogP contribution in [0.25, 0.3) is 11.2 Å². The number of pyridine rings is 1. The van der Waals surface area contributed by atoms with Gasteiger partial charge in [-0.1, -0.05) is 26.0 Å². The number of allylic oxidation sites excluding steroid dienone is 6. The Morgan fingerprint density at radius 2 is 2.03 bits per heavy atom. The molecule has 162 valence electrons. The van der Waals surface area contributed by atoms with Gasteiger partial charge in [0.15, 0.2) is 0 Å². The lowest BCUT2D eigenvalue weighted by Gasteiger charge is -2.07. The summed E-state index contributed by atoms with van der Waals surface area (Å²) in [5, 5.41) is 3.06. The molecule has 31 heavy (non-hydrogen) atoms. The van der Waals surface area contributed by atoms with E-state index in [0.29, 0.717) is 12.0 Å². The van der Waals surface area contributed by atoms with Gasteiger partial charge < -0.3 is 14.5 Å². The van der Waals surface area contributed by atoms with Gasteiger partial charge in [0.1, 0.15) is 11.4 Å². The summed E-state index contributed by atoms with van der Waals surface area (Å²) >= 11 is 0. The SMILES string of the molecule is CC.COC1=CCC=C(C(=O)NC2=CCCCC(c3cn4ccc(C)cc4n3)=C2)C=C1. The van der Waals surface area contributed by atoms with E-state index in [9.17, 15) is 4.79 Å². The van der Waals surface area contributed by atoms with Crippen molar-refractivity contribution in [1.29, 1.82) is 0 Å². The van der Waals surface area contributed by atoms with Crippen molar-refractivity contribution < 1.29 is 9.53 Å². The second-order valence-electron chi connectivity index (χ2n) is 7.31. The Hall–Kier alpha value is -3.34. The second kappa shape index (κ2) is 10.6. The third-order valence-corrected chi connectivity index (χ3v) is 5.13. The van der Waals surface area contributed by atoms with Crippen LogP contribution in [0.4, 0.5) is 0 Å². The zero-order valence-corrected chi connectivity index (χ0v) is 18.8. The molecule has 1 amide bonds. The summed E-state index contributed by atoms with van der Waals surface area (Å²) in [6.45, 7) is 6.07. The van der Waals surface area contributed by atoms with Crippen molar-refractivity contribution >= 4 is 17.1 Å². The van der Waals surface area contributed by atoms with Crippen molar-refractivity contribution in [3.8, 4) is 0 Å². The minimum atomic E-state index is -0.110. The van der Waals surface area contributed by atoms with E-state index in [1.165, 1.54) is 5.56 Å². The van der Waals surface area contributed by atoms with Gasteiger partial charge in [0, 0.05) is 23.7 Å². The smallest absolute Gasteiger partial charge is 0.255 e. The molecule has 2 aromatic rings. The number of aryl methyl sites for hydroxylation is 1. The quantitative estimate of drug-likeness (QED) is 0.699. The number of hydrogen-bond donors (Lipinski definition) is 1. The van der Waals surface area contributed by atoms with Crippen molar-refractivity contribution in [1.82, 2.24) is 14.7 Å². The Bertz CT molecular complexity index is 1100. The van der Waals surface area contributed by atoms with Gasteiger partial charge >= 0.3 is 0 Å².